The van der Waals surface area contributed by atoms with Crippen LogP contribution in [0.5, 0.6) is 5.75 Å². The molecule has 0 aromatic heterocycles. The SMILES string of the molecule is COc1cc(SC)ccc1C(=O)N1CCN(S(=O)(=O)c2c(C)c(C)cc(C)c2C)CC1. The number of carbonyl (C=O) groups is 1. The summed E-state index contributed by atoms with van der Waals surface area (Å²) in [5, 5.41) is 0. The highest BCUT2D eigenvalue weighted by molar-refractivity contribution is 7.98. The van der Waals surface area contributed by atoms with Crippen molar-refractivity contribution in [3.63, 3.8) is 0 Å². The molecule has 1 amide bonds. The highest BCUT2D eigenvalue weighted by Crippen LogP contribution is 2.30. The lowest BCUT2D eigenvalue weighted by Gasteiger charge is -2.35. The van der Waals surface area contributed by atoms with Gasteiger partial charge in [-0.15, -0.1) is 11.8 Å². The predicted molar refractivity (Wildman–Crippen MR) is 125 cm³/mol. The Labute approximate surface area is 189 Å². The van der Waals surface area contributed by atoms with Crippen LogP contribution in [0.1, 0.15) is 32.6 Å². The Kier molecular flexibility index (Phi) is 7.03. The van der Waals surface area contributed by atoms with Crippen LogP contribution in [-0.2, 0) is 10.0 Å². The van der Waals surface area contributed by atoms with E-state index in [1.54, 1.807) is 29.8 Å². The highest BCUT2D eigenvalue weighted by atomic mass is 32.2. The van der Waals surface area contributed by atoms with Gasteiger partial charge in [-0.25, -0.2) is 8.42 Å². The Morgan fingerprint density at radius 2 is 1.55 bits per heavy atom. The van der Waals surface area contributed by atoms with Crippen LogP contribution in [0.4, 0.5) is 0 Å². The first kappa shape index (κ1) is 23.6. The van der Waals surface area contributed by atoms with Crippen LogP contribution in [0.25, 0.3) is 0 Å². The van der Waals surface area contributed by atoms with Gasteiger partial charge in [0.2, 0.25) is 10.0 Å². The molecular weight excluding hydrogens is 432 g/mol. The molecule has 1 fully saturated rings. The molecule has 0 saturated carbocycles. The summed E-state index contributed by atoms with van der Waals surface area (Å²) in [6.07, 6.45) is 1.97. The van der Waals surface area contributed by atoms with Gasteiger partial charge >= 0.3 is 0 Å². The van der Waals surface area contributed by atoms with E-state index >= 15 is 0 Å². The number of methoxy groups -OCH3 is 1. The number of ether oxygens (including phenoxy) is 1. The van der Waals surface area contributed by atoms with Crippen molar-refractivity contribution in [3.8, 4) is 5.75 Å². The van der Waals surface area contributed by atoms with Crippen LogP contribution >= 0.6 is 11.8 Å². The number of thioether (sulfide) groups is 1. The van der Waals surface area contributed by atoms with Crippen LogP contribution in [0, 0.1) is 27.7 Å². The molecule has 1 aliphatic rings. The zero-order chi connectivity index (χ0) is 22.9. The number of nitrogens with zero attached hydrogens (tertiary/aromatic N) is 2. The summed E-state index contributed by atoms with van der Waals surface area (Å²) in [5.74, 6) is 0.397. The van der Waals surface area contributed by atoms with Crippen LogP contribution in [0.15, 0.2) is 34.1 Å². The van der Waals surface area contributed by atoms with Crippen molar-refractivity contribution >= 4 is 27.7 Å². The van der Waals surface area contributed by atoms with Gasteiger partial charge in [0.1, 0.15) is 5.75 Å². The molecule has 31 heavy (non-hydrogen) atoms. The van der Waals surface area contributed by atoms with Gasteiger partial charge in [0.05, 0.1) is 17.6 Å². The Morgan fingerprint density at radius 1 is 0.968 bits per heavy atom. The van der Waals surface area contributed by atoms with Gasteiger partial charge in [0, 0.05) is 31.1 Å². The number of rotatable bonds is 5. The standard InChI is InChI=1S/C23H30N2O4S2/c1-15-13-16(2)18(4)22(17(15)3)31(27,28)25-11-9-24(10-12-25)23(26)20-8-7-19(30-6)14-21(20)29-5/h7-8,13-14H,9-12H2,1-6H3. The number of hydrogen-bond donors (Lipinski definition) is 0. The molecule has 1 aliphatic heterocycles. The Balaban J connectivity index is 1.81. The molecule has 0 N–H and O–H groups in total. The van der Waals surface area contributed by atoms with E-state index in [4.69, 9.17) is 4.74 Å². The molecule has 0 bridgehead atoms. The van der Waals surface area contributed by atoms with Crippen molar-refractivity contribution < 1.29 is 17.9 Å². The summed E-state index contributed by atoms with van der Waals surface area (Å²) < 4.78 is 33.8. The lowest BCUT2D eigenvalue weighted by molar-refractivity contribution is 0.0694. The summed E-state index contributed by atoms with van der Waals surface area (Å²) in [4.78, 5) is 16.2. The topological polar surface area (TPSA) is 66.9 Å². The third-order valence-electron chi connectivity index (χ3n) is 6.06. The smallest absolute Gasteiger partial charge is 0.257 e. The Hall–Kier alpha value is -2.03. The zero-order valence-electron chi connectivity index (χ0n) is 19.0. The maximum atomic E-state index is 13.5. The predicted octanol–water partition coefficient (Wildman–Crippen LogP) is 3.80. The average Bonchev–Trinajstić information content (AvgIpc) is 2.76. The third kappa shape index (κ3) is 4.47. The number of aryl methyl sites for hydroxylation is 2. The average molecular weight is 463 g/mol. The van der Waals surface area contributed by atoms with Gasteiger partial charge < -0.3 is 9.64 Å². The van der Waals surface area contributed by atoms with Gasteiger partial charge in [-0.05, 0) is 74.4 Å². The second-order valence-electron chi connectivity index (χ2n) is 7.85. The maximum Gasteiger partial charge on any atom is 0.257 e. The number of hydrogen-bond acceptors (Lipinski definition) is 5. The van der Waals surface area contributed by atoms with E-state index < -0.39 is 10.0 Å². The van der Waals surface area contributed by atoms with Crippen molar-refractivity contribution in [1.29, 1.82) is 0 Å². The lowest BCUT2D eigenvalue weighted by atomic mass is 10.0. The van der Waals surface area contributed by atoms with Crippen LogP contribution in [0.2, 0.25) is 0 Å². The fourth-order valence-electron chi connectivity index (χ4n) is 3.97. The molecule has 6 nitrogen and oxygen atoms in total. The molecule has 0 spiro atoms. The van der Waals surface area contributed by atoms with Crippen LogP contribution < -0.4 is 4.74 Å². The van der Waals surface area contributed by atoms with Crippen molar-refractivity contribution in [2.45, 2.75) is 37.5 Å². The molecule has 2 aromatic carbocycles. The van der Waals surface area contributed by atoms with E-state index in [2.05, 4.69) is 0 Å². The summed E-state index contributed by atoms with van der Waals surface area (Å²) in [7, 11) is -2.09. The molecule has 0 unspecified atom stereocenters. The summed E-state index contributed by atoms with van der Waals surface area (Å²) in [5.41, 5.74) is 4.02. The fraction of sp³-hybridized carbons (Fsp3) is 0.435. The largest absolute Gasteiger partial charge is 0.496 e. The number of amides is 1. The Bertz CT molecular complexity index is 1080. The molecule has 168 valence electrons. The second-order valence-corrected chi connectivity index (χ2v) is 10.6. The molecule has 0 aliphatic carbocycles. The summed E-state index contributed by atoms with van der Waals surface area (Å²) >= 11 is 1.58. The van der Waals surface area contributed by atoms with Gasteiger partial charge in [-0.2, -0.15) is 4.31 Å². The molecule has 1 heterocycles. The van der Waals surface area contributed by atoms with E-state index in [0.717, 1.165) is 27.1 Å². The van der Waals surface area contributed by atoms with E-state index in [1.807, 2.05) is 52.1 Å². The third-order valence-corrected chi connectivity index (χ3v) is 8.96. The Morgan fingerprint density at radius 3 is 2.06 bits per heavy atom. The van der Waals surface area contributed by atoms with Gasteiger partial charge in [-0.1, -0.05) is 6.07 Å². The van der Waals surface area contributed by atoms with Crippen LogP contribution in [-0.4, -0.2) is 63.1 Å². The molecule has 0 radical (unpaired) electrons. The number of carbonyl (C=O) groups excluding carboxylic acids is 1. The monoisotopic (exact) mass is 462 g/mol. The molecule has 2 aromatic rings. The summed E-state index contributed by atoms with van der Waals surface area (Å²) in [6.45, 7) is 8.82. The van der Waals surface area contributed by atoms with Crippen molar-refractivity contribution in [2.24, 2.45) is 0 Å². The minimum absolute atomic E-state index is 0.139. The normalized spacial score (nSPS) is 15.2. The molecular formula is C23H30N2O4S2. The fourth-order valence-corrected chi connectivity index (χ4v) is 6.40. The van der Waals surface area contributed by atoms with Gasteiger partial charge in [0.25, 0.3) is 5.91 Å². The first-order valence-corrected chi connectivity index (χ1v) is 12.9. The maximum absolute atomic E-state index is 13.5. The van der Waals surface area contributed by atoms with Gasteiger partial charge in [-0.3, -0.25) is 4.79 Å². The van der Waals surface area contributed by atoms with Crippen molar-refractivity contribution in [1.82, 2.24) is 9.21 Å². The minimum atomic E-state index is -3.64. The lowest BCUT2D eigenvalue weighted by Crippen LogP contribution is -2.50. The van der Waals surface area contributed by atoms with E-state index in [-0.39, 0.29) is 19.0 Å². The molecule has 1 saturated heterocycles. The molecule has 8 heteroatoms. The van der Waals surface area contributed by atoms with Gasteiger partial charge in [0.15, 0.2) is 0 Å². The van der Waals surface area contributed by atoms with Crippen LogP contribution in [0.3, 0.4) is 0 Å². The quantitative estimate of drug-likeness (QED) is 0.633. The first-order chi connectivity index (χ1) is 14.6. The van der Waals surface area contributed by atoms with E-state index in [9.17, 15) is 13.2 Å². The first-order valence-electron chi connectivity index (χ1n) is 10.2. The number of benzene rings is 2. The highest BCUT2D eigenvalue weighted by Gasteiger charge is 2.33. The van der Waals surface area contributed by atoms with E-state index in [1.165, 1.54) is 4.31 Å². The van der Waals surface area contributed by atoms with Crippen molar-refractivity contribution in [2.75, 3.05) is 39.5 Å². The van der Waals surface area contributed by atoms with Crippen molar-refractivity contribution in [3.05, 3.63) is 52.1 Å². The number of sulfonamides is 1. The summed E-state index contributed by atoms with van der Waals surface area (Å²) in [6, 6.07) is 7.55. The minimum Gasteiger partial charge on any atom is -0.496 e. The van der Waals surface area contributed by atoms with E-state index in [0.29, 0.717) is 29.3 Å². The zero-order valence-corrected chi connectivity index (χ0v) is 20.6. The molecule has 0 atom stereocenters. The molecule has 3 rings (SSSR count). The second kappa shape index (κ2) is 9.22. The number of piperazine rings is 1.